The minimum atomic E-state index is 0.136. The molecule has 0 fully saturated rings. The highest BCUT2D eigenvalue weighted by molar-refractivity contribution is 7.10. The number of nitrogens with zero attached hydrogens (tertiary/aromatic N) is 2. The summed E-state index contributed by atoms with van der Waals surface area (Å²) >= 11 is 1.45. The molecule has 1 aromatic carbocycles. The first kappa shape index (κ1) is 11.4. The molecule has 1 aromatic heterocycles. The van der Waals surface area contributed by atoms with Gasteiger partial charge in [-0.25, -0.2) is 4.98 Å². The van der Waals surface area contributed by atoms with Gasteiger partial charge in [-0.05, 0) is 24.3 Å². The Morgan fingerprint density at radius 2 is 2.06 bits per heavy atom. The largest absolute Gasteiger partial charge is 0.508 e. The van der Waals surface area contributed by atoms with Gasteiger partial charge in [0.2, 0.25) is 0 Å². The van der Waals surface area contributed by atoms with Crippen molar-refractivity contribution in [3.05, 3.63) is 34.7 Å². The van der Waals surface area contributed by atoms with Crippen molar-refractivity contribution in [2.75, 3.05) is 0 Å². The van der Waals surface area contributed by atoms with E-state index < -0.39 is 0 Å². The van der Waals surface area contributed by atoms with Gasteiger partial charge < -0.3 is 16.0 Å². The van der Waals surface area contributed by atoms with E-state index in [0.29, 0.717) is 6.42 Å². The van der Waals surface area contributed by atoms with Crippen LogP contribution in [0, 0.1) is 0 Å². The summed E-state index contributed by atoms with van der Waals surface area (Å²) < 4.78 is 0. The van der Waals surface area contributed by atoms with Crippen LogP contribution in [-0.2, 0) is 6.42 Å². The molecule has 88 valence electrons. The predicted octanol–water partition coefficient (Wildman–Crippen LogP) is 1.80. The normalized spacial score (nSPS) is 11.6. The molecule has 17 heavy (non-hydrogen) atoms. The number of phenols is 1. The number of thiazole rings is 1. The highest BCUT2D eigenvalue weighted by atomic mass is 32.1. The molecule has 0 aliphatic carbocycles. The molecule has 4 N–H and O–H groups in total. The van der Waals surface area contributed by atoms with Crippen LogP contribution < -0.4 is 5.73 Å². The topological polar surface area (TPSA) is 91.7 Å². The first-order valence-corrected chi connectivity index (χ1v) is 5.77. The van der Waals surface area contributed by atoms with Gasteiger partial charge in [0.25, 0.3) is 0 Å². The number of hydrogen-bond acceptors (Lipinski definition) is 5. The number of nitrogens with two attached hydrogens (primary N) is 1. The Labute approximate surface area is 102 Å². The molecule has 0 unspecified atom stereocenters. The Morgan fingerprint density at radius 1 is 1.35 bits per heavy atom. The van der Waals surface area contributed by atoms with E-state index in [0.717, 1.165) is 16.3 Å². The highest BCUT2D eigenvalue weighted by Gasteiger charge is 2.06. The van der Waals surface area contributed by atoms with Crippen LogP contribution in [0.25, 0.3) is 11.3 Å². The zero-order valence-corrected chi connectivity index (χ0v) is 9.68. The summed E-state index contributed by atoms with van der Waals surface area (Å²) in [5.74, 6) is 0.359. The molecule has 0 radical (unpaired) electrons. The van der Waals surface area contributed by atoms with E-state index in [2.05, 4.69) is 10.1 Å². The van der Waals surface area contributed by atoms with Crippen molar-refractivity contribution in [1.29, 1.82) is 0 Å². The molecule has 5 nitrogen and oxygen atoms in total. The first-order chi connectivity index (χ1) is 8.19. The number of hydrogen-bond donors (Lipinski definition) is 3. The Bertz CT molecular complexity index is 534. The number of amidine groups is 1. The van der Waals surface area contributed by atoms with Crippen molar-refractivity contribution < 1.29 is 10.3 Å². The summed E-state index contributed by atoms with van der Waals surface area (Å²) in [6, 6.07) is 6.80. The molecule has 0 amide bonds. The van der Waals surface area contributed by atoms with Crippen molar-refractivity contribution in [2.45, 2.75) is 6.42 Å². The second kappa shape index (κ2) is 4.84. The van der Waals surface area contributed by atoms with Crippen LogP contribution in [0.1, 0.15) is 5.01 Å². The average molecular weight is 249 g/mol. The summed E-state index contributed by atoms with van der Waals surface area (Å²) in [5.41, 5.74) is 7.14. The summed E-state index contributed by atoms with van der Waals surface area (Å²) in [7, 11) is 0. The average Bonchev–Trinajstić information content (AvgIpc) is 2.78. The lowest BCUT2D eigenvalue weighted by Crippen LogP contribution is -2.14. The molecule has 0 saturated heterocycles. The highest BCUT2D eigenvalue weighted by Crippen LogP contribution is 2.23. The molecule has 0 saturated carbocycles. The SMILES string of the molecule is N/C(Cc1nc(-c2ccc(O)cc2)cs1)=N/O. The number of benzene rings is 1. The maximum Gasteiger partial charge on any atom is 0.146 e. The fraction of sp³-hybridized carbons (Fsp3) is 0.0909. The second-order valence-corrected chi connectivity index (χ2v) is 4.38. The van der Waals surface area contributed by atoms with Gasteiger partial charge in [0.05, 0.1) is 12.1 Å². The summed E-state index contributed by atoms with van der Waals surface area (Å²) in [5, 5.41) is 23.2. The first-order valence-electron chi connectivity index (χ1n) is 4.89. The predicted molar refractivity (Wildman–Crippen MR) is 66.3 cm³/mol. The molecule has 0 aliphatic rings. The van der Waals surface area contributed by atoms with Crippen LogP contribution in [0.3, 0.4) is 0 Å². The molecule has 0 spiro atoms. The lowest BCUT2D eigenvalue weighted by Gasteiger charge is -1.96. The van der Waals surface area contributed by atoms with Crippen LogP contribution >= 0.6 is 11.3 Å². The van der Waals surface area contributed by atoms with Crippen LogP contribution in [0.15, 0.2) is 34.8 Å². The zero-order chi connectivity index (χ0) is 12.3. The molecule has 2 aromatic rings. The maximum absolute atomic E-state index is 9.18. The van der Waals surface area contributed by atoms with Crippen LogP contribution in [0.5, 0.6) is 5.75 Å². The summed E-state index contributed by atoms with van der Waals surface area (Å²) in [6.45, 7) is 0. The molecule has 0 aliphatic heterocycles. The summed E-state index contributed by atoms with van der Waals surface area (Å²) in [4.78, 5) is 4.36. The summed E-state index contributed by atoms with van der Waals surface area (Å²) in [6.07, 6.45) is 0.333. The quantitative estimate of drug-likeness (QED) is 0.335. The molecule has 1 heterocycles. The second-order valence-electron chi connectivity index (χ2n) is 3.44. The van der Waals surface area contributed by atoms with E-state index in [4.69, 9.17) is 10.9 Å². The van der Waals surface area contributed by atoms with Gasteiger partial charge in [0.15, 0.2) is 0 Å². The number of aromatic nitrogens is 1. The fourth-order valence-corrected chi connectivity index (χ4v) is 2.17. The van der Waals surface area contributed by atoms with Gasteiger partial charge in [0, 0.05) is 10.9 Å². The lowest BCUT2D eigenvalue weighted by atomic mass is 10.2. The van der Waals surface area contributed by atoms with Crippen molar-refractivity contribution in [3.8, 4) is 17.0 Å². The van der Waals surface area contributed by atoms with E-state index in [1.165, 1.54) is 11.3 Å². The molecular weight excluding hydrogens is 238 g/mol. The van der Waals surface area contributed by atoms with E-state index in [9.17, 15) is 5.11 Å². The number of phenolic OH excluding ortho intramolecular Hbond substituents is 1. The van der Waals surface area contributed by atoms with Crippen LogP contribution in [-0.4, -0.2) is 21.1 Å². The van der Waals surface area contributed by atoms with Crippen molar-refractivity contribution in [1.82, 2.24) is 4.98 Å². The Kier molecular flexibility index (Phi) is 3.24. The van der Waals surface area contributed by atoms with Gasteiger partial charge in [-0.2, -0.15) is 0 Å². The van der Waals surface area contributed by atoms with Gasteiger partial charge in [-0.3, -0.25) is 0 Å². The standard InChI is InChI=1S/C11H11N3O2S/c12-10(14-16)5-11-13-9(6-17-11)7-1-3-8(15)4-2-7/h1-4,6,15-16H,5H2,(H2,12,14). The minimum Gasteiger partial charge on any atom is -0.508 e. The van der Waals surface area contributed by atoms with Crippen LogP contribution in [0.4, 0.5) is 0 Å². The Morgan fingerprint density at radius 3 is 2.71 bits per heavy atom. The number of aromatic hydroxyl groups is 1. The van der Waals surface area contributed by atoms with E-state index >= 15 is 0 Å². The molecular formula is C11H11N3O2S. The van der Waals surface area contributed by atoms with Gasteiger partial charge in [-0.15, -0.1) is 11.3 Å². The van der Waals surface area contributed by atoms with E-state index in [1.54, 1.807) is 24.3 Å². The van der Waals surface area contributed by atoms with Gasteiger partial charge >= 0.3 is 0 Å². The lowest BCUT2D eigenvalue weighted by molar-refractivity contribution is 0.317. The zero-order valence-electron chi connectivity index (χ0n) is 8.87. The van der Waals surface area contributed by atoms with Crippen LogP contribution in [0.2, 0.25) is 0 Å². The maximum atomic E-state index is 9.18. The molecule has 0 atom stereocenters. The smallest absolute Gasteiger partial charge is 0.146 e. The number of oxime groups is 1. The number of rotatable bonds is 3. The van der Waals surface area contributed by atoms with E-state index in [1.807, 2.05) is 5.38 Å². The van der Waals surface area contributed by atoms with Crippen molar-refractivity contribution in [3.63, 3.8) is 0 Å². The minimum absolute atomic E-state index is 0.136. The van der Waals surface area contributed by atoms with E-state index in [-0.39, 0.29) is 11.6 Å². The molecule has 6 heteroatoms. The van der Waals surface area contributed by atoms with Crippen molar-refractivity contribution in [2.24, 2.45) is 10.9 Å². The third-order valence-corrected chi connectivity index (χ3v) is 3.02. The van der Waals surface area contributed by atoms with Gasteiger partial charge in [-0.1, -0.05) is 5.16 Å². The molecule has 2 rings (SSSR count). The Balaban J connectivity index is 2.21. The monoisotopic (exact) mass is 249 g/mol. The van der Waals surface area contributed by atoms with Gasteiger partial charge in [0.1, 0.15) is 16.6 Å². The third kappa shape index (κ3) is 2.73. The molecule has 0 bridgehead atoms. The third-order valence-electron chi connectivity index (χ3n) is 2.18. The Hall–Kier alpha value is -2.08. The fourth-order valence-electron chi connectivity index (χ4n) is 1.35. The van der Waals surface area contributed by atoms with Crippen molar-refractivity contribution >= 4 is 17.2 Å².